The van der Waals surface area contributed by atoms with E-state index in [1.807, 2.05) is 0 Å². The minimum absolute atomic E-state index is 0.0590. The summed E-state index contributed by atoms with van der Waals surface area (Å²) in [5.41, 5.74) is 0.0590. The number of hydrogen-bond acceptors (Lipinski definition) is 2. The van der Waals surface area contributed by atoms with Gasteiger partial charge in [0.2, 0.25) is 0 Å². The SMILES string of the molecule is O=c1cc[nH]n1C[C@H]1CCCN1. The van der Waals surface area contributed by atoms with Crippen LogP contribution in [-0.2, 0) is 6.54 Å². The first-order valence-electron chi connectivity index (χ1n) is 4.34. The fraction of sp³-hybridized carbons (Fsp3) is 0.625. The highest BCUT2D eigenvalue weighted by molar-refractivity contribution is 4.83. The molecule has 0 unspecified atom stereocenters. The predicted octanol–water partition coefficient (Wildman–Crippen LogP) is -0.0716. The smallest absolute Gasteiger partial charge is 0.266 e. The molecule has 0 amide bonds. The van der Waals surface area contributed by atoms with Crippen molar-refractivity contribution in [3.63, 3.8) is 0 Å². The average molecular weight is 167 g/mol. The van der Waals surface area contributed by atoms with Gasteiger partial charge in [0.25, 0.3) is 5.56 Å². The van der Waals surface area contributed by atoms with Crippen molar-refractivity contribution in [2.75, 3.05) is 6.54 Å². The highest BCUT2D eigenvalue weighted by atomic mass is 16.1. The van der Waals surface area contributed by atoms with Crippen LogP contribution >= 0.6 is 0 Å². The molecule has 0 radical (unpaired) electrons. The summed E-state index contributed by atoms with van der Waals surface area (Å²) >= 11 is 0. The van der Waals surface area contributed by atoms with E-state index in [-0.39, 0.29) is 5.56 Å². The summed E-state index contributed by atoms with van der Waals surface area (Å²) in [6.45, 7) is 1.85. The number of nitrogens with one attached hydrogen (secondary N) is 2. The molecule has 2 N–H and O–H groups in total. The first-order chi connectivity index (χ1) is 5.86. The van der Waals surface area contributed by atoms with Crippen LogP contribution in [0.2, 0.25) is 0 Å². The van der Waals surface area contributed by atoms with Gasteiger partial charge in [-0.2, -0.15) is 0 Å². The molecule has 0 spiro atoms. The lowest BCUT2D eigenvalue weighted by atomic mass is 10.2. The Bertz CT molecular complexity index is 295. The Hall–Kier alpha value is -1.03. The van der Waals surface area contributed by atoms with Gasteiger partial charge in [0, 0.05) is 18.3 Å². The van der Waals surface area contributed by atoms with Gasteiger partial charge in [-0.05, 0) is 19.4 Å². The molecule has 12 heavy (non-hydrogen) atoms. The monoisotopic (exact) mass is 167 g/mol. The fourth-order valence-corrected chi connectivity index (χ4v) is 1.63. The molecule has 0 aromatic carbocycles. The second-order valence-electron chi connectivity index (χ2n) is 3.20. The van der Waals surface area contributed by atoms with Crippen molar-refractivity contribution in [2.45, 2.75) is 25.4 Å². The molecule has 1 aromatic rings. The highest BCUT2D eigenvalue weighted by Crippen LogP contribution is 2.05. The van der Waals surface area contributed by atoms with E-state index in [2.05, 4.69) is 10.4 Å². The summed E-state index contributed by atoms with van der Waals surface area (Å²) in [4.78, 5) is 11.1. The zero-order chi connectivity index (χ0) is 8.39. The number of aromatic amines is 1. The summed E-state index contributed by atoms with van der Waals surface area (Å²) in [5, 5.41) is 6.24. The van der Waals surface area contributed by atoms with Crippen molar-refractivity contribution in [1.29, 1.82) is 0 Å². The van der Waals surface area contributed by atoms with Gasteiger partial charge < -0.3 is 10.4 Å². The van der Waals surface area contributed by atoms with Gasteiger partial charge in [-0.15, -0.1) is 0 Å². The van der Waals surface area contributed by atoms with Crippen molar-refractivity contribution in [3.8, 4) is 0 Å². The number of nitrogens with zero attached hydrogens (tertiary/aromatic N) is 1. The number of H-pyrrole nitrogens is 1. The van der Waals surface area contributed by atoms with E-state index in [1.165, 1.54) is 12.8 Å². The molecule has 0 saturated carbocycles. The molecule has 1 aromatic heterocycles. The van der Waals surface area contributed by atoms with E-state index >= 15 is 0 Å². The summed E-state index contributed by atoms with van der Waals surface area (Å²) in [5.74, 6) is 0. The Kier molecular flexibility index (Phi) is 1.99. The molecule has 0 bridgehead atoms. The molecule has 66 valence electrons. The lowest BCUT2D eigenvalue weighted by molar-refractivity contribution is 0.467. The van der Waals surface area contributed by atoms with Gasteiger partial charge >= 0.3 is 0 Å². The minimum atomic E-state index is 0.0590. The van der Waals surface area contributed by atoms with Crippen molar-refractivity contribution in [2.24, 2.45) is 0 Å². The maximum absolute atomic E-state index is 11.1. The van der Waals surface area contributed by atoms with Crippen LogP contribution < -0.4 is 10.9 Å². The normalized spacial score (nSPS) is 23.2. The van der Waals surface area contributed by atoms with Crippen molar-refractivity contribution < 1.29 is 0 Å². The zero-order valence-electron chi connectivity index (χ0n) is 6.92. The van der Waals surface area contributed by atoms with Gasteiger partial charge in [0.05, 0.1) is 6.54 Å². The molecule has 1 aliphatic rings. The van der Waals surface area contributed by atoms with E-state index < -0.39 is 0 Å². The fourth-order valence-electron chi connectivity index (χ4n) is 1.63. The molecule has 2 heterocycles. The van der Waals surface area contributed by atoms with Crippen LogP contribution in [0.5, 0.6) is 0 Å². The minimum Gasteiger partial charge on any atom is -0.312 e. The quantitative estimate of drug-likeness (QED) is 0.647. The standard InChI is InChI=1S/C8H13N3O/c12-8-3-5-10-11(8)6-7-2-1-4-9-7/h3,5,7,9-10H,1-2,4,6H2/t7-/m1/s1. The molecule has 1 aliphatic heterocycles. The maximum atomic E-state index is 11.1. The van der Waals surface area contributed by atoms with E-state index in [1.54, 1.807) is 16.9 Å². The lowest BCUT2D eigenvalue weighted by Crippen LogP contribution is -2.31. The largest absolute Gasteiger partial charge is 0.312 e. The van der Waals surface area contributed by atoms with Crippen LogP contribution in [0, 0.1) is 0 Å². The molecular formula is C8H13N3O. The van der Waals surface area contributed by atoms with Crippen molar-refractivity contribution >= 4 is 0 Å². The first-order valence-corrected chi connectivity index (χ1v) is 4.34. The zero-order valence-corrected chi connectivity index (χ0v) is 6.92. The van der Waals surface area contributed by atoms with Crippen molar-refractivity contribution in [1.82, 2.24) is 15.1 Å². The van der Waals surface area contributed by atoms with Gasteiger partial charge in [0.15, 0.2) is 0 Å². The van der Waals surface area contributed by atoms with Gasteiger partial charge in [-0.25, -0.2) is 0 Å². The molecule has 1 atom stereocenters. The second kappa shape index (κ2) is 3.15. The van der Waals surface area contributed by atoms with Crippen LogP contribution in [0.1, 0.15) is 12.8 Å². The molecule has 1 fully saturated rings. The summed E-state index contributed by atoms with van der Waals surface area (Å²) in [7, 11) is 0. The third-order valence-corrected chi connectivity index (χ3v) is 2.29. The molecule has 4 heteroatoms. The van der Waals surface area contributed by atoms with Gasteiger partial charge in [-0.1, -0.05) is 0 Å². The highest BCUT2D eigenvalue weighted by Gasteiger charge is 2.14. The Morgan fingerprint density at radius 1 is 1.67 bits per heavy atom. The molecule has 0 aliphatic carbocycles. The van der Waals surface area contributed by atoms with Crippen LogP contribution in [0.15, 0.2) is 17.1 Å². The number of aromatic nitrogens is 2. The second-order valence-corrected chi connectivity index (χ2v) is 3.20. The summed E-state index contributed by atoms with van der Waals surface area (Å²) < 4.78 is 1.64. The van der Waals surface area contributed by atoms with E-state index in [0.29, 0.717) is 6.04 Å². The van der Waals surface area contributed by atoms with E-state index in [4.69, 9.17) is 0 Å². The Balaban J connectivity index is 2.03. The number of hydrogen-bond donors (Lipinski definition) is 2. The lowest BCUT2D eigenvalue weighted by Gasteiger charge is -2.09. The van der Waals surface area contributed by atoms with Crippen LogP contribution in [0.25, 0.3) is 0 Å². The van der Waals surface area contributed by atoms with Crippen molar-refractivity contribution in [3.05, 3.63) is 22.6 Å². The Morgan fingerprint density at radius 3 is 3.17 bits per heavy atom. The number of rotatable bonds is 2. The van der Waals surface area contributed by atoms with E-state index in [9.17, 15) is 4.79 Å². The third-order valence-electron chi connectivity index (χ3n) is 2.29. The Morgan fingerprint density at radius 2 is 2.58 bits per heavy atom. The average Bonchev–Trinajstić information content (AvgIpc) is 2.65. The molecular weight excluding hydrogens is 154 g/mol. The van der Waals surface area contributed by atoms with Gasteiger partial charge in [-0.3, -0.25) is 9.48 Å². The molecule has 4 nitrogen and oxygen atoms in total. The Labute approximate surface area is 70.6 Å². The summed E-state index contributed by atoms with van der Waals surface area (Å²) in [6.07, 6.45) is 4.07. The van der Waals surface area contributed by atoms with Crippen LogP contribution in [-0.4, -0.2) is 22.4 Å². The van der Waals surface area contributed by atoms with E-state index in [0.717, 1.165) is 13.1 Å². The third kappa shape index (κ3) is 1.43. The maximum Gasteiger partial charge on any atom is 0.266 e. The predicted molar refractivity (Wildman–Crippen MR) is 46.1 cm³/mol. The first kappa shape index (κ1) is 7.61. The molecule has 1 saturated heterocycles. The summed E-state index contributed by atoms with van der Waals surface area (Å²) in [6, 6.07) is 2.02. The van der Waals surface area contributed by atoms with Crippen LogP contribution in [0.4, 0.5) is 0 Å². The topological polar surface area (TPSA) is 49.8 Å². The van der Waals surface area contributed by atoms with Crippen LogP contribution in [0.3, 0.4) is 0 Å². The van der Waals surface area contributed by atoms with Gasteiger partial charge in [0.1, 0.15) is 0 Å². The molecule has 2 rings (SSSR count).